The van der Waals surface area contributed by atoms with Crippen molar-refractivity contribution in [1.29, 1.82) is 0 Å². The van der Waals surface area contributed by atoms with Crippen LogP contribution >= 0.6 is 15.9 Å². The molecule has 2 aromatic rings. The van der Waals surface area contributed by atoms with Crippen LogP contribution in [0, 0.1) is 6.92 Å². The second kappa shape index (κ2) is 5.98. The lowest BCUT2D eigenvalue weighted by molar-refractivity contribution is 0.253. The number of pyridine rings is 1. The van der Waals surface area contributed by atoms with Crippen molar-refractivity contribution in [2.45, 2.75) is 20.1 Å². The van der Waals surface area contributed by atoms with E-state index < -0.39 is 0 Å². The Morgan fingerprint density at radius 2 is 1.89 bits per heavy atom. The van der Waals surface area contributed by atoms with Gasteiger partial charge in [0.25, 0.3) is 0 Å². The Balaban J connectivity index is 2.08. The summed E-state index contributed by atoms with van der Waals surface area (Å²) in [4.78, 5) is 4.24. The molecule has 0 radical (unpaired) electrons. The number of aliphatic hydroxyl groups excluding tert-OH is 1. The van der Waals surface area contributed by atoms with Crippen LogP contribution in [0.3, 0.4) is 0 Å². The monoisotopic (exact) mass is 307 g/mol. The number of ether oxygens (including phenoxy) is 1. The minimum absolute atomic E-state index is 0.114. The molecule has 0 unspecified atom stereocenters. The predicted octanol–water partition coefficient (Wildman–Crippen LogP) is 3.22. The summed E-state index contributed by atoms with van der Waals surface area (Å²) in [5.74, 6) is 0.631. The van der Waals surface area contributed by atoms with Gasteiger partial charge >= 0.3 is 0 Å². The molecule has 0 fully saturated rings. The maximum Gasteiger partial charge on any atom is 0.143 e. The Kier molecular flexibility index (Phi) is 4.33. The zero-order valence-corrected chi connectivity index (χ0v) is 11.6. The third kappa shape index (κ3) is 3.31. The maximum absolute atomic E-state index is 9.23. The smallest absolute Gasteiger partial charge is 0.143 e. The number of rotatable bonds is 4. The number of aryl methyl sites for hydroxylation is 1. The standard InChI is InChI=1S/C14H14BrNO2/c1-10-2-7-14(13(8-17)16-10)18-9-11-3-5-12(15)6-4-11/h2-7,17H,8-9H2,1H3. The van der Waals surface area contributed by atoms with Gasteiger partial charge < -0.3 is 9.84 Å². The van der Waals surface area contributed by atoms with Crippen molar-refractivity contribution < 1.29 is 9.84 Å². The Bertz CT molecular complexity index is 526. The highest BCUT2D eigenvalue weighted by atomic mass is 79.9. The summed E-state index contributed by atoms with van der Waals surface area (Å²) in [5.41, 5.74) is 2.52. The quantitative estimate of drug-likeness (QED) is 0.943. The van der Waals surface area contributed by atoms with Crippen molar-refractivity contribution in [1.82, 2.24) is 4.98 Å². The molecule has 0 amide bonds. The van der Waals surface area contributed by atoms with E-state index in [2.05, 4.69) is 20.9 Å². The molecule has 0 saturated heterocycles. The molecule has 4 heteroatoms. The van der Waals surface area contributed by atoms with Crippen LogP contribution in [0.25, 0.3) is 0 Å². The van der Waals surface area contributed by atoms with Gasteiger partial charge in [0, 0.05) is 10.2 Å². The number of hydrogen-bond donors (Lipinski definition) is 1. The van der Waals surface area contributed by atoms with E-state index >= 15 is 0 Å². The van der Waals surface area contributed by atoms with Gasteiger partial charge in [0.05, 0.1) is 6.61 Å². The van der Waals surface area contributed by atoms with E-state index in [0.717, 1.165) is 15.7 Å². The van der Waals surface area contributed by atoms with Gasteiger partial charge in [0.2, 0.25) is 0 Å². The zero-order valence-electron chi connectivity index (χ0n) is 10.1. The third-order valence-corrected chi connectivity index (χ3v) is 3.06. The number of benzene rings is 1. The lowest BCUT2D eigenvalue weighted by atomic mass is 10.2. The van der Waals surface area contributed by atoms with Gasteiger partial charge in [-0.25, -0.2) is 0 Å². The highest BCUT2D eigenvalue weighted by Crippen LogP contribution is 2.19. The first-order chi connectivity index (χ1) is 8.69. The summed E-state index contributed by atoms with van der Waals surface area (Å²) < 4.78 is 6.71. The van der Waals surface area contributed by atoms with Crippen molar-refractivity contribution in [3.63, 3.8) is 0 Å². The average Bonchev–Trinajstić information content (AvgIpc) is 2.39. The van der Waals surface area contributed by atoms with Crippen molar-refractivity contribution in [2.75, 3.05) is 0 Å². The molecule has 3 nitrogen and oxygen atoms in total. The number of nitrogens with zero attached hydrogens (tertiary/aromatic N) is 1. The Labute approximate surface area is 115 Å². The van der Waals surface area contributed by atoms with Crippen LogP contribution in [0.5, 0.6) is 5.75 Å². The van der Waals surface area contributed by atoms with Crippen LogP contribution in [0.2, 0.25) is 0 Å². The predicted molar refractivity (Wildman–Crippen MR) is 73.4 cm³/mol. The summed E-state index contributed by atoms with van der Waals surface area (Å²) in [6.45, 7) is 2.24. The average molecular weight is 308 g/mol. The molecule has 18 heavy (non-hydrogen) atoms. The molecule has 0 atom stereocenters. The molecule has 0 saturated carbocycles. The first-order valence-electron chi connectivity index (χ1n) is 5.63. The van der Waals surface area contributed by atoms with E-state index in [4.69, 9.17) is 4.74 Å². The summed E-state index contributed by atoms with van der Waals surface area (Å²) >= 11 is 3.39. The fourth-order valence-corrected chi connectivity index (χ4v) is 1.85. The molecule has 1 heterocycles. The molecule has 1 N–H and O–H groups in total. The Morgan fingerprint density at radius 3 is 2.56 bits per heavy atom. The molecular formula is C14H14BrNO2. The molecule has 94 valence electrons. The summed E-state index contributed by atoms with van der Waals surface area (Å²) in [7, 11) is 0. The van der Waals surface area contributed by atoms with Gasteiger partial charge in [-0.2, -0.15) is 0 Å². The number of hydrogen-bond acceptors (Lipinski definition) is 3. The second-order valence-electron chi connectivity index (χ2n) is 3.97. The molecule has 0 bridgehead atoms. The van der Waals surface area contributed by atoms with Crippen LogP contribution in [0.4, 0.5) is 0 Å². The van der Waals surface area contributed by atoms with Crippen LogP contribution in [0.15, 0.2) is 40.9 Å². The van der Waals surface area contributed by atoms with Crippen molar-refractivity contribution in [3.05, 3.63) is 57.8 Å². The first-order valence-corrected chi connectivity index (χ1v) is 6.43. The van der Waals surface area contributed by atoms with E-state index in [9.17, 15) is 5.11 Å². The van der Waals surface area contributed by atoms with E-state index in [0.29, 0.717) is 18.1 Å². The Hall–Kier alpha value is -1.39. The largest absolute Gasteiger partial charge is 0.487 e. The SMILES string of the molecule is Cc1ccc(OCc2ccc(Br)cc2)c(CO)n1. The van der Waals surface area contributed by atoms with Crippen LogP contribution in [-0.2, 0) is 13.2 Å². The van der Waals surface area contributed by atoms with Crippen molar-refractivity contribution >= 4 is 15.9 Å². The van der Waals surface area contributed by atoms with E-state index in [-0.39, 0.29) is 6.61 Å². The highest BCUT2D eigenvalue weighted by Gasteiger charge is 2.05. The zero-order chi connectivity index (χ0) is 13.0. The normalized spacial score (nSPS) is 10.4. The summed E-state index contributed by atoms with van der Waals surface area (Å²) in [6.07, 6.45) is 0. The van der Waals surface area contributed by atoms with Gasteiger partial charge in [0.1, 0.15) is 18.1 Å². The number of aromatic nitrogens is 1. The molecule has 2 rings (SSSR count). The summed E-state index contributed by atoms with van der Waals surface area (Å²) in [6, 6.07) is 11.6. The highest BCUT2D eigenvalue weighted by molar-refractivity contribution is 9.10. The van der Waals surface area contributed by atoms with E-state index in [1.807, 2.05) is 43.3 Å². The fraction of sp³-hybridized carbons (Fsp3) is 0.214. The van der Waals surface area contributed by atoms with Gasteiger partial charge in [-0.3, -0.25) is 4.98 Å². The van der Waals surface area contributed by atoms with Crippen LogP contribution in [-0.4, -0.2) is 10.1 Å². The third-order valence-electron chi connectivity index (χ3n) is 2.53. The lowest BCUT2D eigenvalue weighted by Gasteiger charge is -2.10. The molecule has 0 aliphatic carbocycles. The lowest BCUT2D eigenvalue weighted by Crippen LogP contribution is -2.01. The van der Waals surface area contributed by atoms with Crippen LogP contribution < -0.4 is 4.74 Å². The molecular weight excluding hydrogens is 294 g/mol. The van der Waals surface area contributed by atoms with Crippen molar-refractivity contribution in [2.24, 2.45) is 0 Å². The molecule has 0 spiro atoms. The van der Waals surface area contributed by atoms with Gasteiger partial charge in [-0.1, -0.05) is 28.1 Å². The maximum atomic E-state index is 9.23. The van der Waals surface area contributed by atoms with E-state index in [1.54, 1.807) is 0 Å². The molecule has 1 aromatic heterocycles. The van der Waals surface area contributed by atoms with Gasteiger partial charge in [-0.05, 0) is 36.8 Å². The number of aliphatic hydroxyl groups is 1. The fourth-order valence-electron chi connectivity index (χ4n) is 1.58. The summed E-state index contributed by atoms with van der Waals surface area (Å²) in [5, 5.41) is 9.23. The second-order valence-corrected chi connectivity index (χ2v) is 4.89. The van der Waals surface area contributed by atoms with Gasteiger partial charge in [-0.15, -0.1) is 0 Å². The molecule has 0 aliphatic rings. The van der Waals surface area contributed by atoms with E-state index in [1.165, 1.54) is 0 Å². The molecule has 1 aromatic carbocycles. The topological polar surface area (TPSA) is 42.4 Å². The van der Waals surface area contributed by atoms with Crippen molar-refractivity contribution in [3.8, 4) is 5.75 Å². The minimum atomic E-state index is -0.114. The molecule has 0 aliphatic heterocycles. The van der Waals surface area contributed by atoms with Crippen LogP contribution in [0.1, 0.15) is 17.0 Å². The number of halogens is 1. The minimum Gasteiger partial charge on any atom is -0.487 e. The first kappa shape index (κ1) is 13.1. The van der Waals surface area contributed by atoms with Gasteiger partial charge in [0.15, 0.2) is 0 Å². The Morgan fingerprint density at radius 1 is 1.17 bits per heavy atom.